The number of carbonyl (C=O) groups excluding carboxylic acids is 1. The number of rotatable bonds is 5. The molecule has 0 spiro atoms. The van der Waals surface area contributed by atoms with Crippen molar-refractivity contribution in [3.63, 3.8) is 0 Å². The van der Waals surface area contributed by atoms with Crippen LogP contribution in [-0.4, -0.2) is 36.6 Å². The first kappa shape index (κ1) is 17.5. The van der Waals surface area contributed by atoms with Gasteiger partial charge in [-0.2, -0.15) is 0 Å². The average Bonchev–Trinajstić information content (AvgIpc) is 2.64. The minimum atomic E-state index is -0.0702. The molecule has 0 aliphatic carbocycles. The van der Waals surface area contributed by atoms with Crippen molar-refractivity contribution in [2.75, 3.05) is 19.8 Å². The fraction of sp³-hybridized carbons (Fsp3) is 0.381. The number of benzene rings is 2. The topological polar surface area (TPSA) is 38.8 Å². The van der Waals surface area contributed by atoms with Crippen LogP contribution in [0.3, 0.4) is 0 Å². The molecule has 0 saturated carbocycles. The molecule has 25 heavy (non-hydrogen) atoms. The van der Waals surface area contributed by atoms with E-state index in [1.165, 1.54) is 0 Å². The zero-order chi connectivity index (χ0) is 17.6. The molecule has 1 amide bonds. The van der Waals surface area contributed by atoms with Crippen molar-refractivity contribution in [2.45, 2.75) is 32.4 Å². The molecule has 1 heterocycles. The molecule has 4 nitrogen and oxygen atoms in total. The number of carbonyl (C=O) groups is 1. The lowest BCUT2D eigenvalue weighted by atomic mass is 9.99. The Labute approximate surface area is 149 Å². The molecule has 2 aromatic carbocycles. The summed E-state index contributed by atoms with van der Waals surface area (Å²) in [6, 6.07) is 17.9. The Bertz CT molecular complexity index is 684. The Kier molecular flexibility index (Phi) is 5.71. The quantitative estimate of drug-likeness (QED) is 0.835. The summed E-state index contributed by atoms with van der Waals surface area (Å²) >= 11 is 0. The molecule has 0 radical (unpaired) electrons. The van der Waals surface area contributed by atoms with Crippen LogP contribution in [-0.2, 0) is 16.0 Å². The summed E-state index contributed by atoms with van der Waals surface area (Å²) in [5.74, 6) is 0.975. The summed E-state index contributed by atoms with van der Waals surface area (Å²) in [5.41, 5.74) is 2.12. The van der Waals surface area contributed by atoms with Crippen LogP contribution in [0.4, 0.5) is 0 Å². The smallest absolute Gasteiger partial charge is 0.227 e. The maximum Gasteiger partial charge on any atom is 0.227 e. The van der Waals surface area contributed by atoms with E-state index in [0.29, 0.717) is 26.2 Å². The lowest BCUT2D eigenvalue weighted by Gasteiger charge is -2.39. The van der Waals surface area contributed by atoms with Gasteiger partial charge in [0.05, 0.1) is 25.7 Å². The van der Waals surface area contributed by atoms with Crippen LogP contribution in [0.2, 0.25) is 0 Å². The molecule has 0 N–H and O–H groups in total. The van der Waals surface area contributed by atoms with E-state index in [0.717, 1.165) is 16.9 Å². The summed E-state index contributed by atoms with van der Waals surface area (Å²) in [5, 5.41) is 0. The average molecular weight is 339 g/mol. The molecular weight excluding hydrogens is 314 g/mol. The van der Waals surface area contributed by atoms with E-state index in [1.807, 2.05) is 54.3 Å². The first-order valence-electron chi connectivity index (χ1n) is 8.86. The minimum Gasteiger partial charge on any atom is -0.494 e. The van der Waals surface area contributed by atoms with Gasteiger partial charge in [0.2, 0.25) is 5.91 Å². The highest BCUT2D eigenvalue weighted by atomic mass is 16.5. The first-order chi connectivity index (χ1) is 12.2. The molecule has 4 heteroatoms. The zero-order valence-corrected chi connectivity index (χ0v) is 14.9. The van der Waals surface area contributed by atoms with E-state index in [1.54, 1.807) is 0 Å². The summed E-state index contributed by atoms with van der Waals surface area (Å²) < 4.78 is 11.4. The monoisotopic (exact) mass is 339 g/mol. The van der Waals surface area contributed by atoms with Gasteiger partial charge in [-0.3, -0.25) is 4.79 Å². The number of hydrogen-bond acceptors (Lipinski definition) is 3. The van der Waals surface area contributed by atoms with Crippen molar-refractivity contribution in [3.8, 4) is 5.75 Å². The number of nitrogens with zero attached hydrogens (tertiary/aromatic N) is 1. The van der Waals surface area contributed by atoms with E-state index in [2.05, 4.69) is 19.1 Å². The van der Waals surface area contributed by atoms with Crippen LogP contribution in [0, 0.1) is 0 Å². The summed E-state index contributed by atoms with van der Waals surface area (Å²) in [7, 11) is 0. The fourth-order valence-corrected chi connectivity index (χ4v) is 3.30. The molecule has 1 aliphatic rings. The lowest BCUT2D eigenvalue weighted by molar-refractivity contribution is -0.144. The molecule has 132 valence electrons. The summed E-state index contributed by atoms with van der Waals surface area (Å²) in [6.07, 6.45) is 0.331. The number of ether oxygens (including phenoxy) is 2. The molecule has 0 aromatic heterocycles. The molecule has 2 atom stereocenters. The van der Waals surface area contributed by atoms with Gasteiger partial charge in [0.15, 0.2) is 0 Å². The fourth-order valence-electron chi connectivity index (χ4n) is 3.30. The third kappa shape index (κ3) is 4.20. The van der Waals surface area contributed by atoms with E-state index in [9.17, 15) is 4.79 Å². The second-order valence-electron chi connectivity index (χ2n) is 6.28. The SMILES string of the molecule is CCOc1ccc(CC(=O)N2CCOC(c3ccccc3)C2C)cc1. The van der Waals surface area contributed by atoms with E-state index in [4.69, 9.17) is 9.47 Å². The first-order valence-corrected chi connectivity index (χ1v) is 8.86. The van der Waals surface area contributed by atoms with Crippen molar-refractivity contribution in [1.82, 2.24) is 4.90 Å². The second kappa shape index (κ2) is 8.17. The molecule has 2 aromatic rings. The lowest BCUT2D eigenvalue weighted by Crippen LogP contribution is -2.49. The Morgan fingerprint density at radius 1 is 1.16 bits per heavy atom. The van der Waals surface area contributed by atoms with Crippen molar-refractivity contribution < 1.29 is 14.3 Å². The van der Waals surface area contributed by atoms with Gasteiger partial charge in [-0.25, -0.2) is 0 Å². The Morgan fingerprint density at radius 3 is 2.56 bits per heavy atom. The number of morpholine rings is 1. The molecule has 1 saturated heterocycles. The second-order valence-corrected chi connectivity index (χ2v) is 6.28. The predicted molar refractivity (Wildman–Crippen MR) is 97.6 cm³/mol. The summed E-state index contributed by atoms with van der Waals surface area (Å²) in [4.78, 5) is 14.7. The zero-order valence-electron chi connectivity index (χ0n) is 14.9. The van der Waals surface area contributed by atoms with Crippen LogP contribution in [0.1, 0.15) is 31.1 Å². The molecule has 1 aliphatic heterocycles. The largest absolute Gasteiger partial charge is 0.494 e. The van der Waals surface area contributed by atoms with E-state index >= 15 is 0 Å². The van der Waals surface area contributed by atoms with Crippen LogP contribution in [0.15, 0.2) is 54.6 Å². The summed E-state index contributed by atoms with van der Waals surface area (Å²) in [6.45, 7) is 5.87. The third-order valence-electron chi connectivity index (χ3n) is 4.60. The third-order valence-corrected chi connectivity index (χ3v) is 4.60. The van der Waals surface area contributed by atoms with Gasteiger partial charge in [-0.05, 0) is 37.1 Å². The maximum atomic E-state index is 12.8. The van der Waals surface area contributed by atoms with Crippen molar-refractivity contribution in [2.24, 2.45) is 0 Å². The minimum absolute atomic E-state index is 0.0198. The molecule has 1 fully saturated rings. The van der Waals surface area contributed by atoms with Gasteiger partial charge < -0.3 is 14.4 Å². The van der Waals surface area contributed by atoms with Crippen LogP contribution >= 0.6 is 0 Å². The van der Waals surface area contributed by atoms with E-state index in [-0.39, 0.29) is 18.1 Å². The molecule has 3 rings (SSSR count). The normalized spacial score (nSPS) is 20.3. The highest BCUT2D eigenvalue weighted by Crippen LogP contribution is 2.28. The van der Waals surface area contributed by atoms with E-state index < -0.39 is 0 Å². The highest BCUT2D eigenvalue weighted by Gasteiger charge is 2.32. The van der Waals surface area contributed by atoms with Gasteiger partial charge in [-0.1, -0.05) is 42.5 Å². The van der Waals surface area contributed by atoms with Crippen LogP contribution < -0.4 is 4.74 Å². The van der Waals surface area contributed by atoms with Gasteiger partial charge in [-0.15, -0.1) is 0 Å². The van der Waals surface area contributed by atoms with Gasteiger partial charge in [0.25, 0.3) is 0 Å². The van der Waals surface area contributed by atoms with Crippen molar-refractivity contribution >= 4 is 5.91 Å². The molecular formula is C21H25NO3. The highest BCUT2D eigenvalue weighted by molar-refractivity contribution is 5.79. The van der Waals surface area contributed by atoms with Crippen LogP contribution in [0.25, 0.3) is 0 Å². The Morgan fingerprint density at radius 2 is 1.88 bits per heavy atom. The van der Waals surface area contributed by atoms with Gasteiger partial charge in [0.1, 0.15) is 11.9 Å². The predicted octanol–water partition coefficient (Wildman–Crippen LogP) is 3.62. The number of amides is 1. The Hall–Kier alpha value is -2.33. The van der Waals surface area contributed by atoms with Gasteiger partial charge >= 0.3 is 0 Å². The van der Waals surface area contributed by atoms with Crippen molar-refractivity contribution in [1.29, 1.82) is 0 Å². The Balaban J connectivity index is 1.66. The van der Waals surface area contributed by atoms with Crippen LogP contribution in [0.5, 0.6) is 5.75 Å². The standard InChI is InChI=1S/C21H25NO3/c1-3-24-19-11-9-17(10-12-19)15-20(23)22-13-14-25-21(16(22)2)18-7-5-4-6-8-18/h4-12,16,21H,3,13-15H2,1-2H3. The maximum absolute atomic E-state index is 12.8. The molecule has 0 bridgehead atoms. The van der Waals surface area contributed by atoms with Crippen molar-refractivity contribution in [3.05, 3.63) is 65.7 Å². The van der Waals surface area contributed by atoms with Gasteiger partial charge in [0, 0.05) is 6.54 Å². The molecule has 2 unspecified atom stereocenters. The number of hydrogen-bond donors (Lipinski definition) is 0.